The molecular weight excluding hydrogens is 302 g/mol. The van der Waals surface area contributed by atoms with Crippen LogP contribution in [0.4, 0.5) is 0 Å². The molecule has 1 N–H and O–H groups in total. The summed E-state index contributed by atoms with van der Waals surface area (Å²) in [5.74, 6) is -0.922. The van der Waals surface area contributed by atoms with Crippen LogP contribution in [-0.4, -0.2) is 11.1 Å². The second-order valence-corrected chi connectivity index (χ2v) is 3.79. The van der Waals surface area contributed by atoms with Gasteiger partial charge >= 0.3 is 25.4 Å². The van der Waals surface area contributed by atoms with E-state index in [2.05, 4.69) is 27.7 Å². The maximum absolute atomic E-state index is 10.1. The third-order valence-corrected chi connectivity index (χ3v) is 1.93. The van der Waals surface area contributed by atoms with Crippen molar-refractivity contribution in [1.82, 2.24) is 0 Å². The number of carbonyl (C=O) groups is 1. The molecule has 0 saturated heterocycles. The van der Waals surface area contributed by atoms with Crippen LogP contribution in [0.1, 0.15) is 45.1 Å². The summed E-state index contributed by atoms with van der Waals surface area (Å²) in [4.78, 5) is 10.1. The standard InChI is InChI=1S/C9H8O2.2C4H9.Zn/c10-9(11)7-6-8-4-2-1-3-5-8;2*1-3-4-2;/h1-7H,(H,10,11);2*1,3-4H2,2H3;/q;2*-1;+2. The molecule has 2 nitrogen and oxygen atoms in total. The summed E-state index contributed by atoms with van der Waals surface area (Å²) in [5, 5.41) is 8.29. The second kappa shape index (κ2) is 20.4. The average molecular weight is 328 g/mol. The molecule has 0 aliphatic carbocycles. The molecule has 0 aromatic heterocycles. The maximum Gasteiger partial charge on any atom is 2.00 e. The van der Waals surface area contributed by atoms with E-state index in [1.54, 1.807) is 6.08 Å². The van der Waals surface area contributed by atoms with Gasteiger partial charge in [0.05, 0.1) is 0 Å². The molecule has 0 fully saturated rings. The summed E-state index contributed by atoms with van der Waals surface area (Å²) in [6, 6.07) is 9.31. The van der Waals surface area contributed by atoms with E-state index < -0.39 is 5.97 Å². The minimum Gasteiger partial charge on any atom is -0.478 e. The quantitative estimate of drug-likeness (QED) is 0.479. The number of rotatable bonds is 4. The van der Waals surface area contributed by atoms with Crippen molar-refractivity contribution >= 4 is 12.0 Å². The Balaban J connectivity index is -0.000000272. The van der Waals surface area contributed by atoms with E-state index >= 15 is 0 Å². The van der Waals surface area contributed by atoms with Crippen LogP contribution in [0.15, 0.2) is 36.4 Å². The summed E-state index contributed by atoms with van der Waals surface area (Å²) in [6.45, 7) is 11.4. The van der Waals surface area contributed by atoms with E-state index in [1.807, 2.05) is 30.3 Å². The number of carboxylic acid groups (broad SMARTS) is 1. The van der Waals surface area contributed by atoms with Gasteiger partial charge in [-0.15, -0.1) is 0 Å². The van der Waals surface area contributed by atoms with Gasteiger partial charge in [0, 0.05) is 6.08 Å². The Morgan fingerprint density at radius 1 is 1.10 bits per heavy atom. The minimum atomic E-state index is -0.922. The van der Waals surface area contributed by atoms with Gasteiger partial charge in [0.2, 0.25) is 0 Å². The molecule has 1 rings (SSSR count). The number of aliphatic carboxylic acids is 1. The van der Waals surface area contributed by atoms with Crippen LogP contribution in [0.2, 0.25) is 0 Å². The molecule has 0 amide bonds. The van der Waals surface area contributed by atoms with Crippen LogP contribution in [-0.2, 0) is 24.3 Å². The summed E-state index contributed by atoms with van der Waals surface area (Å²) in [5.41, 5.74) is 0.898. The number of unbranched alkanes of at least 4 members (excludes halogenated alkanes) is 2. The molecule has 108 valence electrons. The van der Waals surface area contributed by atoms with Gasteiger partial charge < -0.3 is 19.0 Å². The normalized spacial score (nSPS) is 8.60. The maximum atomic E-state index is 10.1. The van der Waals surface area contributed by atoms with Crippen LogP contribution in [0.5, 0.6) is 0 Å². The van der Waals surface area contributed by atoms with Crippen molar-refractivity contribution in [2.45, 2.75) is 39.5 Å². The molecule has 0 aliphatic rings. The Hall–Kier alpha value is -0.947. The first-order chi connectivity index (χ1) is 9.12. The molecule has 0 saturated carbocycles. The minimum absolute atomic E-state index is 0. The molecule has 0 aliphatic heterocycles. The smallest absolute Gasteiger partial charge is 0.478 e. The first-order valence-corrected chi connectivity index (χ1v) is 6.66. The fourth-order valence-electron chi connectivity index (χ4n) is 0.732. The first kappa shape index (κ1) is 24.1. The van der Waals surface area contributed by atoms with Crippen LogP contribution in [0.25, 0.3) is 6.08 Å². The van der Waals surface area contributed by atoms with Gasteiger partial charge in [-0.25, -0.2) is 4.79 Å². The molecule has 0 bridgehead atoms. The number of hydrogen-bond donors (Lipinski definition) is 1. The fraction of sp³-hybridized carbons (Fsp3) is 0.353. The van der Waals surface area contributed by atoms with Gasteiger partial charge in [-0.2, -0.15) is 12.8 Å². The van der Waals surface area contributed by atoms with Gasteiger partial charge in [0.15, 0.2) is 0 Å². The third kappa shape index (κ3) is 22.3. The second-order valence-electron chi connectivity index (χ2n) is 3.79. The fourth-order valence-corrected chi connectivity index (χ4v) is 0.732. The summed E-state index contributed by atoms with van der Waals surface area (Å²) >= 11 is 0. The SMILES string of the molecule is O=C(O)C=Cc1ccccc1.[CH2-]CCC.[CH2-]CCC.[Zn+2]. The largest absolute Gasteiger partial charge is 2.00 e. The molecule has 0 spiro atoms. The zero-order valence-corrected chi connectivity index (χ0v) is 15.8. The van der Waals surface area contributed by atoms with Gasteiger partial charge in [-0.1, -0.05) is 57.0 Å². The van der Waals surface area contributed by atoms with Crippen molar-refractivity contribution in [2.24, 2.45) is 0 Å². The van der Waals surface area contributed by atoms with Crippen molar-refractivity contribution in [3.63, 3.8) is 0 Å². The molecule has 0 heterocycles. The van der Waals surface area contributed by atoms with Crippen LogP contribution in [0.3, 0.4) is 0 Å². The van der Waals surface area contributed by atoms with Crippen LogP contribution < -0.4 is 0 Å². The van der Waals surface area contributed by atoms with Gasteiger partial charge in [-0.05, 0) is 11.6 Å². The number of benzene rings is 1. The summed E-state index contributed by atoms with van der Waals surface area (Å²) in [6.07, 6.45) is 7.23. The number of carboxylic acids is 1. The van der Waals surface area contributed by atoms with E-state index in [0.717, 1.165) is 24.5 Å². The topological polar surface area (TPSA) is 37.3 Å². The summed E-state index contributed by atoms with van der Waals surface area (Å²) in [7, 11) is 0. The van der Waals surface area contributed by atoms with Crippen molar-refractivity contribution in [1.29, 1.82) is 0 Å². The van der Waals surface area contributed by atoms with E-state index in [1.165, 1.54) is 12.8 Å². The predicted octanol–water partition coefficient (Wildman–Crippen LogP) is 5.02. The molecule has 3 heteroatoms. The molecule has 1 aromatic carbocycles. The number of hydrogen-bond acceptors (Lipinski definition) is 1. The Kier molecular flexibility index (Phi) is 24.5. The molecule has 0 unspecified atom stereocenters. The van der Waals surface area contributed by atoms with E-state index in [-0.39, 0.29) is 19.5 Å². The molecule has 0 radical (unpaired) electrons. The third-order valence-electron chi connectivity index (χ3n) is 1.93. The Bertz CT molecular complexity index is 313. The monoisotopic (exact) mass is 326 g/mol. The van der Waals surface area contributed by atoms with Crippen molar-refractivity contribution in [3.05, 3.63) is 55.8 Å². The van der Waals surface area contributed by atoms with Crippen LogP contribution >= 0.6 is 0 Å². The van der Waals surface area contributed by atoms with Crippen molar-refractivity contribution < 1.29 is 29.4 Å². The molecule has 0 atom stereocenters. The Labute approximate surface area is 137 Å². The molecule has 1 aromatic rings. The predicted molar refractivity (Wildman–Crippen MR) is 83.6 cm³/mol. The van der Waals surface area contributed by atoms with E-state index in [9.17, 15) is 4.79 Å². The first-order valence-electron chi connectivity index (χ1n) is 6.66. The van der Waals surface area contributed by atoms with Crippen molar-refractivity contribution in [3.8, 4) is 0 Å². The van der Waals surface area contributed by atoms with E-state index in [0.29, 0.717) is 0 Å². The molecular formula is C17H26O2Zn. The van der Waals surface area contributed by atoms with Crippen molar-refractivity contribution in [2.75, 3.05) is 0 Å². The summed E-state index contributed by atoms with van der Waals surface area (Å²) < 4.78 is 0. The zero-order valence-electron chi connectivity index (χ0n) is 12.8. The van der Waals surface area contributed by atoms with Gasteiger partial charge in [0.25, 0.3) is 0 Å². The van der Waals surface area contributed by atoms with Gasteiger partial charge in [-0.3, -0.25) is 0 Å². The van der Waals surface area contributed by atoms with Gasteiger partial charge in [0.1, 0.15) is 0 Å². The zero-order chi connectivity index (χ0) is 14.9. The Morgan fingerprint density at radius 3 is 1.80 bits per heavy atom. The average Bonchev–Trinajstić information content (AvgIpc) is 2.46. The molecule has 20 heavy (non-hydrogen) atoms. The Morgan fingerprint density at radius 2 is 1.50 bits per heavy atom. The van der Waals surface area contributed by atoms with Crippen LogP contribution in [0, 0.1) is 13.8 Å². The van der Waals surface area contributed by atoms with E-state index in [4.69, 9.17) is 5.11 Å².